The Hall–Kier alpha value is -2.55. The molecular formula is C21H22N2O. The van der Waals surface area contributed by atoms with Gasteiger partial charge in [-0.1, -0.05) is 30.3 Å². The van der Waals surface area contributed by atoms with Gasteiger partial charge in [0.2, 0.25) is 0 Å². The maximum Gasteiger partial charge on any atom is 0.254 e. The molecule has 3 heteroatoms. The van der Waals surface area contributed by atoms with Gasteiger partial charge in [0.25, 0.3) is 5.91 Å². The maximum atomic E-state index is 13.1. The second-order valence-corrected chi connectivity index (χ2v) is 6.71. The van der Waals surface area contributed by atoms with E-state index in [2.05, 4.69) is 41.8 Å². The van der Waals surface area contributed by atoms with Gasteiger partial charge in [-0.3, -0.25) is 4.79 Å². The molecule has 1 fully saturated rings. The Balaban J connectivity index is 1.69. The van der Waals surface area contributed by atoms with Crippen molar-refractivity contribution < 1.29 is 4.79 Å². The minimum absolute atomic E-state index is 0.142. The summed E-state index contributed by atoms with van der Waals surface area (Å²) in [6.45, 7) is 2.97. The van der Waals surface area contributed by atoms with Crippen LogP contribution >= 0.6 is 0 Å². The van der Waals surface area contributed by atoms with Gasteiger partial charge in [0.1, 0.15) is 0 Å². The molecule has 1 atom stereocenters. The number of hydrogen-bond donors (Lipinski definition) is 0. The second-order valence-electron chi connectivity index (χ2n) is 6.71. The normalized spacial score (nSPS) is 17.6. The van der Waals surface area contributed by atoms with Gasteiger partial charge in [-0.2, -0.15) is 0 Å². The number of aromatic nitrogens is 1. The molecule has 1 aliphatic rings. The number of amides is 1. The molecule has 2 heterocycles. The maximum absolute atomic E-state index is 13.1. The van der Waals surface area contributed by atoms with Gasteiger partial charge in [-0.05, 0) is 54.5 Å². The summed E-state index contributed by atoms with van der Waals surface area (Å²) in [6.07, 6.45) is 4.14. The van der Waals surface area contributed by atoms with Crippen LogP contribution in [0.1, 0.15) is 40.4 Å². The monoisotopic (exact) mass is 318 g/mol. The van der Waals surface area contributed by atoms with E-state index in [-0.39, 0.29) is 11.9 Å². The highest BCUT2D eigenvalue weighted by Gasteiger charge is 2.31. The fraction of sp³-hybridized carbons (Fsp3) is 0.286. The third-order valence-corrected chi connectivity index (χ3v) is 5.20. The smallest absolute Gasteiger partial charge is 0.254 e. The second kappa shape index (κ2) is 5.82. The van der Waals surface area contributed by atoms with E-state index in [4.69, 9.17) is 0 Å². The van der Waals surface area contributed by atoms with Crippen LogP contribution in [0.3, 0.4) is 0 Å². The zero-order chi connectivity index (χ0) is 16.7. The number of aryl methyl sites for hydroxylation is 2. The molecule has 122 valence electrons. The molecule has 0 saturated carbocycles. The fourth-order valence-corrected chi connectivity index (χ4v) is 3.86. The minimum atomic E-state index is 0.142. The van der Waals surface area contributed by atoms with Gasteiger partial charge in [0, 0.05) is 30.9 Å². The van der Waals surface area contributed by atoms with Crippen molar-refractivity contribution in [3.63, 3.8) is 0 Å². The van der Waals surface area contributed by atoms with E-state index in [1.54, 1.807) is 0 Å². The molecule has 0 bridgehead atoms. The lowest BCUT2D eigenvalue weighted by Gasteiger charge is -2.26. The van der Waals surface area contributed by atoms with Crippen molar-refractivity contribution in [3.8, 4) is 0 Å². The molecule has 0 spiro atoms. The summed E-state index contributed by atoms with van der Waals surface area (Å²) in [4.78, 5) is 15.2. The van der Waals surface area contributed by atoms with Crippen LogP contribution in [0, 0.1) is 6.92 Å². The summed E-state index contributed by atoms with van der Waals surface area (Å²) >= 11 is 0. The van der Waals surface area contributed by atoms with Crippen molar-refractivity contribution >= 4 is 16.8 Å². The van der Waals surface area contributed by atoms with Gasteiger partial charge in [-0.25, -0.2) is 0 Å². The number of carbonyl (C=O) groups is 1. The number of hydrogen-bond acceptors (Lipinski definition) is 1. The van der Waals surface area contributed by atoms with E-state index in [1.807, 2.05) is 36.3 Å². The van der Waals surface area contributed by atoms with E-state index in [0.717, 1.165) is 30.5 Å². The Morgan fingerprint density at radius 1 is 1.12 bits per heavy atom. The Morgan fingerprint density at radius 2 is 1.96 bits per heavy atom. The highest BCUT2D eigenvalue weighted by Crippen LogP contribution is 2.35. The van der Waals surface area contributed by atoms with Crippen LogP contribution in [-0.4, -0.2) is 21.9 Å². The third-order valence-electron chi connectivity index (χ3n) is 5.20. The van der Waals surface area contributed by atoms with Crippen molar-refractivity contribution in [2.24, 2.45) is 7.05 Å². The SMILES string of the molecule is Cc1ccccc1C1CCCN1C(=O)c1ccc2ccn(C)c2c1. The first kappa shape index (κ1) is 15.0. The molecule has 0 N–H and O–H groups in total. The molecule has 1 aliphatic heterocycles. The molecule has 0 aliphatic carbocycles. The summed E-state index contributed by atoms with van der Waals surface area (Å²) in [7, 11) is 2.02. The minimum Gasteiger partial charge on any atom is -0.351 e. The van der Waals surface area contributed by atoms with Gasteiger partial charge >= 0.3 is 0 Å². The summed E-state index contributed by atoms with van der Waals surface area (Å²) in [5.74, 6) is 0.142. The Labute approximate surface area is 142 Å². The molecule has 24 heavy (non-hydrogen) atoms. The van der Waals surface area contributed by atoms with Crippen LogP contribution in [-0.2, 0) is 7.05 Å². The van der Waals surface area contributed by atoms with E-state index < -0.39 is 0 Å². The first-order valence-corrected chi connectivity index (χ1v) is 8.57. The zero-order valence-electron chi connectivity index (χ0n) is 14.2. The lowest BCUT2D eigenvalue weighted by molar-refractivity contribution is 0.0735. The highest BCUT2D eigenvalue weighted by molar-refractivity contribution is 5.98. The molecule has 1 saturated heterocycles. The van der Waals surface area contributed by atoms with Gasteiger partial charge < -0.3 is 9.47 Å². The first-order valence-electron chi connectivity index (χ1n) is 8.57. The Morgan fingerprint density at radius 3 is 2.79 bits per heavy atom. The van der Waals surface area contributed by atoms with Crippen LogP contribution < -0.4 is 0 Å². The largest absolute Gasteiger partial charge is 0.351 e. The summed E-state index contributed by atoms with van der Waals surface area (Å²) in [6, 6.07) is 16.7. The van der Waals surface area contributed by atoms with E-state index in [9.17, 15) is 4.79 Å². The first-order chi connectivity index (χ1) is 11.6. The van der Waals surface area contributed by atoms with Gasteiger partial charge in [0.05, 0.1) is 6.04 Å². The average molecular weight is 318 g/mol. The molecule has 3 nitrogen and oxygen atoms in total. The van der Waals surface area contributed by atoms with Gasteiger partial charge in [0.15, 0.2) is 0 Å². The van der Waals surface area contributed by atoms with Crippen LogP contribution in [0.25, 0.3) is 10.9 Å². The number of nitrogens with zero attached hydrogens (tertiary/aromatic N) is 2. The number of benzene rings is 2. The van der Waals surface area contributed by atoms with E-state index in [1.165, 1.54) is 16.5 Å². The standard InChI is InChI=1S/C21H22N2O/c1-15-6-3-4-7-18(15)19-8-5-12-23(19)21(24)17-10-9-16-11-13-22(2)20(16)14-17/h3-4,6-7,9-11,13-14,19H,5,8,12H2,1-2H3. The third kappa shape index (κ3) is 2.41. The predicted octanol–water partition coefficient (Wildman–Crippen LogP) is 4.46. The predicted molar refractivity (Wildman–Crippen MR) is 97.1 cm³/mol. The summed E-state index contributed by atoms with van der Waals surface area (Å²) < 4.78 is 2.06. The van der Waals surface area contributed by atoms with Crippen LogP contribution in [0.2, 0.25) is 0 Å². The lowest BCUT2D eigenvalue weighted by Crippen LogP contribution is -2.30. The van der Waals surface area contributed by atoms with E-state index >= 15 is 0 Å². The summed E-state index contributed by atoms with van der Waals surface area (Å²) in [5, 5.41) is 1.17. The lowest BCUT2D eigenvalue weighted by atomic mass is 9.99. The van der Waals surface area contributed by atoms with Crippen molar-refractivity contribution in [1.29, 1.82) is 0 Å². The van der Waals surface area contributed by atoms with E-state index in [0.29, 0.717) is 0 Å². The number of carbonyl (C=O) groups excluding carboxylic acids is 1. The van der Waals surface area contributed by atoms with Crippen molar-refractivity contribution in [1.82, 2.24) is 9.47 Å². The van der Waals surface area contributed by atoms with Crippen LogP contribution in [0.4, 0.5) is 0 Å². The number of likely N-dealkylation sites (tertiary alicyclic amines) is 1. The highest BCUT2D eigenvalue weighted by atomic mass is 16.2. The Bertz CT molecular complexity index is 909. The molecule has 3 aromatic rings. The molecule has 1 amide bonds. The topological polar surface area (TPSA) is 25.2 Å². The molecule has 2 aromatic carbocycles. The average Bonchev–Trinajstić information content (AvgIpc) is 3.22. The van der Waals surface area contributed by atoms with Crippen LogP contribution in [0.15, 0.2) is 54.7 Å². The number of rotatable bonds is 2. The quantitative estimate of drug-likeness (QED) is 0.684. The molecule has 1 aromatic heterocycles. The molecule has 4 rings (SSSR count). The number of fused-ring (bicyclic) bond motifs is 1. The van der Waals surface area contributed by atoms with Crippen molar-refractivity contribution in [2.45, 2.75) is 25.8 Å². The fourth-order valence-electron chi connectivity index (χ4n) is 3.86. The molecule has 1 unspecified atom stereocenters. The van der Waals surface area contributed by atoms with Crippen LogP contribution in [0.5, 0.6) is 0 Å². The van der Waals surface area contributed by atoms with Gasteiger partial charge in [-0.15, -0.1) is 0 Å². The van der Waals surface area contributed by atoms with Crippen molar-refractivity contribution in [2.75, 3.05) is 6.54 Å². The Kier molecular flexibility index (Phi) is 3.64. The molecule has 0 radical (unpaired) electrons. The zero-order valence-corrected chi connectivity index (χ0v) is 14.2. The molecular weight excluding hydrogens is 296 g/mol. The van der Waals surface area contributed by atoms with Crippen molar-refractivity contribution in [3.05, 3.63) is 71.4 Å². The summed E-state index contributed by atoms with van der Waals surface area (Å²) in [5.41, 5.74) is 4.43.